The first-order chi connectivity index (χ1) is 16.6. The summed E-state index contributed by atoms with van der Waals surface area (Å²) in [5.41, 5.74) is 9.76. The zero-order valence-electron chi connectivity index (χ0n) is 19.2. The van der Waals surface area contributed by atoms with Crippen LogP contribution in [0.3, 0.4) is 0 Å². The molecule has 1 saturated heterocycles. The fraction of sp³-hybridized carbons (Fsp3) is 0.320. The fourth-order valence-corrected chi connectivity index (χ4v) is 4.00. The highest BCUT2D eigenvalue weighted by molar-refractivity contribution is 5.69. The van der Waals surface area contributed by atoms with Crippen molar-refractivity contribution in [1.82, 2.24) is 19.8 Å². The van der Waals surface area contributed by atoms with Crippen LogP contribution in [0.5, 0.6) is 0 Å². The van der Waals surface area contributed by atoms with Crippen LogP contribution in [-0.2, 0) is 11.3 Å². The monoisotopic (exact) mass is 461 g/mol. The third-order valence-corrected chi connectivity index (χ3v) is 5.74. The normalized spacial score (nSPS) is 14.6. The molecule has 1 aromatic carbocycles. The molecule has 2 aromatic heterocycles. The van der Waals surface area contributed by atoms with Gasteiger partial charge in [-0.05, 0) is 47.5 Å². The Bertz CT molecular complexity index is 1080. The van der Waals surface area contributed by atoms with Gasteiger partial charge in [-0.2, -0.15) is 0 Å². The number of aromatic nitrogens is 2. The van der Waals surface area contributed by atoms with E-state index < -0.39 is 5.97 Å². The summed E-state index contributed by atoms with van der Waals surface area (Å²) in [6, 6.07) is 16.3. The second-order valence-corrected chi connectivity index (χ2v) is 8.35. The number of hydrogen-bond acceptors (Lipinski definition) is 8. The maximum atomic E-state index is 10.9. The van der Waals surface area contributed by atoms with Crippen LogP contribution in [0, 0.1) is 0 Å². The van der Waals surface area contributed by atoms with Crippen molar-refractivity contribution < 1.29 is 9.90 Å². The number of carbonyl (C=O) groups is 1. The Balaban J connectivity index is 1.36. The molecule has 4 rings (SSSR count). The smallest absolute Gasteiger partial charge is 0.317 e. The van der Waals surface area contributed by atoms with Gasteiger partial charge in [0.15, 0.2) is 0 Å². The van der Waals surface area contributed by atoms with Crippen molar-refractivity contribution in [3.63, 3.8) is 0 Å². The van der Waals surface area contributed by atoms with Gasteiger partial charge in [0.2, 0.25) is 0 Å². The minimum absolute atomic E-state index is 0.116. The molecule has 178 valence electrons. The molecular formula is C25H31N7O2. The first-order valence-corrected chi connectivity index (χ1v) is 11.5. The van der Waals surface area contributed by atoms with Gasteiger partial charge in [-0.3, -0.25) is 14.6 Å². The van der Waals surface area contributed by atoms with E-state index >= 15 is 0 Å². The van der Waals surface area contributed by atoms with Crippen molar-refractivity contribution >= 4 is 23.3 Å². The number of hydrogen-bond donors (Lipinski definition) is 4. The first kappa shape index (κ1) is 23.6. The predicted octanol–water partition coefficient (Wildman–Crippen LogP) is 2.46. The molecule has 0 bridgehead atoms. The number of carboxylic acid groups (broad SMARTS) is 1. The van der Waals surface area contributed by atoms with Gasteiger partial charge in [0.1, 0.15) is 11.6 Å². The number of nitrogens with one attached hydrogen (secondary N) is 2. The lowest BCUT2D eigenvalue weighted by molar-refractivity contribution is -0.138. The summed E-state index contributed by atoms with van der Waals surface area (Å²) in [5, 5.41) is 15.5. The Morgan fingerprint density at radius 3 is 2.53 bits per heavy atom. The Morgan fingerprint density at radius 2 is 1.79 bits per heavy atom. The van der Waals surface area contributed by atoms with Gasteiger partial charge in [0.05, 0.1) is 6.54 Å². The molecule has 3 heterocycles. The summed E-state index contributed by atoms with van der Waals surface area (Å²) in [6.07, 6.45) is 3.63. The molecule has 0 atom stereocenters. The lowest BCUT2D eigenvalue weighted by Gasteiger charge is -2.33. The summed E-state index contributed by atoms with van der Waals surface area (Å²) < 4.78 is 0. The van der Waals surface area contributed by atoms with Crippen molar-refractivity contribution in [1.29, 1.82) is 0 Å². The number of rotatable bonds is 10. The fourth-order valence-electron chi connectivity index (χ4n) is 4.00. The topological polar surface area (TPSA) is 120 Å². The van der Waals surface area contributed by atoms with Gasteiger partial charge in [0.25, 0.3) is 0 Å². The Hall–Kier alpha value is -3.53. The number of carboxylic acids is 1. The summed E-state index contributed by atoms with van der Waals surface area (Å²) >= 11 is 0. The molecule has 3 aromatic rings. The molecule has 0 unspecified atom stereocenters. The Morgan fingerprint density at radius 1 is 0.971 bits per heavy atom. The highest BCUT2D eigenvalue weighted by atomic mass is 16.4. The predicted molar refractivity (Wildman–Crippen MR) is 134 cm³/mol. The Labute approximate surface area is 199 Å². The van der Waals surface area contributed by atoms with Crippen molar-refractivity contribution in [3.05, 3.63) is 66.5 Å². The van der Waals surface area contributed by atoms with E-state index in [9.17, 15) is 4.79 Å². The standard InChI is InChI=1S/C25H31N7O2/c26-7-9-28-23-5-4-21(16-29-23)20-6-8-27-24(15-20)30-22-3-1-2-19(14-22)17-31-10-12-32(13-11-31)18-25(33)34/h1-6,8,14-16H,7,9-13,17-18,26H2,(H,27,30)(H,28,29)(H,33,34). The lowest BCUT2D eigenvalue weighted by Crippen LogP contribution is -2.47. The number of nitrogens with zero attached hydrogens (tertiary/aromatic N) is 4. The third-order valence-electron chi connectivity index (χ3n) is 5.74. The molecule has 0 saturated carbocycles. The molecule has 1 aliphatic rings. The first-order valence-electron chi connectivity index (χ1n) is 11.5. The number of nitrogens with two attached hydrogens (primary N) is 1. The van der Waals surface area contributed by atoms with Crippen molar-refractivity contribution in [3.8, 4) is 11.1 Å². The quantitative estimate of drug-likeness (QED) is 0.361. The van der Waals surface area contributed by atoms with Crippen LogP contribution >= 0.6 is 0 Å². The van der Waals surface area contributed by atoms with Gasteiger partial charge in [0, 0.05) is 69.5 Å². The lowest BCUT2D eigenvalue weighted by atomic mass is 10.1. The molecule has 0 spiro atoms. The van der Waals surface area contributed by atoms with Crippen LogP contribution in [0.4, 0.5) is 17.3 Å². The van der Waals surface area contributed by atoms with Crippen LogP contribution in [0.25, 0.3) is 11.1 Å². The molecule has 1 aliphatic heterocycles. The summed E-state index contributed by atoms with van der Waals surface area (Å²) in [4.78, 5) is 24.2. The number of aliphatic carboxylic acids is 1. The van der Waals surface area contributed by atoms with Crippen LogP contribution in [0.15, 0.2) is 60.9 Å². The molecule has 0 radical (unpaired) electrons. The van der Waals surface area contributed by atoms with E-state index in [1.807, 2.05) is 47.5 Å². The molecule has 5 N–H and O–H groups in total. The van der Waals surface area contributed by atoms with E-state index in [1.54, 1.807) is 6.20 Å². The SMILES string of the molecule is NCCNc1ccc(-c2ccnc(Nc3cccc(CN4CCN(CC(=O)O)CC4)c3)c2)cn1. The minimum Gasteiger partial charge on any atom is -0.480 e. The second-order valence-electron chi connectivity index (χ2n) is 8.35. The summed E-state index contributed by atoms with van der Waals surface area (Å²) in [5.74, 6) is 0.807. The zero-order chi connectivity index (χ0) is 23.8. The molecular weight excluding hydrogens is 430 g/mol. The minimum atomic E-state index is -0.766. The number of benzene rings is 1. The van der Waals surface area contributed by atoms with Crippen LogP contribution in [0.2, 0.25) is 0 Å². The van der Waals surface area contributed by atoms with Crippen LogP contribution in [-0.4, -0.2) is 76.7 Å². The molecule has 0 aliphatic carbocycles. The van der Waals surface area contributed by atoms with Crippen LogP contribution < -0.4 is 16.4 Å². The van der Waals surface area contributed by atoms with Gasteiger partial charge in [-0.15, -0.1) is 0 Å². The van der Waals surface area contributed by atoms with E-state index in [2.05, 4.69) is 37.6 Å². The zero-order valence-corrected chi connectivity index (χ0v) is 19.2. The van der Waals surface area contributed by atoms with Gasteiger partial charge in [-0.25, -0.2) is 9.97 Å². The third kappa shape index (κ3) is 6.74. The van der Waals surface area contributed by atoms with Gasteiger partial charge >= 0.3 is 5.97 Å². The number of piperazine rings is 1. The maximum Gasteiger partial charge on any atom is 0.317 e. The average Bonchev–Trinajstić information content (AvgIpc) is 2.84. The number of anilines is 3. The van der Waals surface area contributed by atoms with Crippen molar-refractivity contribution in [2.24, 2.45) is 5.73 Å². The molecule has 9 nitrogen and oxygen atoms in total. The average molecular weight is 462 g/mol. The highest BCUT2D eigenvalue weighted by Gasteiger charge is 2.18. The molecule has 0 amide bonds. The van der Waals surface area contributed by atoms with Gasteiger partial charge < -0.3 is 21.5 Å². The van der Waals surface area contributed by atoms with Gasteiger partial charge in [-0.1, -0.05) is 12.1 Å². The maximum absolute atomic E-state index is 10.9. The molecule has 9 heteroatoms. The van der Waals surface area contributed by atoms with E-state index in [4.69, 9.17) is 10.8 Å². The number of pyridine rings is 2. The van der Waals surface area contributed by atoms with E-state index in [-0.39, 0.29) is 6.54 Å². The highest BCUT2D eigenvalue weighted by Crippen LogP contribution is 2.24. The van der Waals surface area contributed by atoms with Crippen molar-refractivity contribution in [2.45, 2.75) is 6.54 Å². The second kappa shape index (κ2) is 11.6. The van der Waals surface area contributed by atoms with E-state index in [0.717, 1.165) is 61.2 Å². The van der Waals surface area contributed by atoms with Crippen LogP contribution in [0.1, 0.15) is 5.56 Å². The molecule has 34 heavy (non-hydrogen) atoms. The molecule has 1 fully saturated rings. The van der Waals surface area contributed by atoms with Crippen molar-refractivity contribution in [2.75, 3.05) is 56.4 Å². The van der Waals surface area contributed by atoms with E-state index in [1.165, 1.54) is 5.56 Å². The Kier molecular flexibility index (Phi) is 8.03. The summed E-state index contributed by atoms with van der Waals surface area (Å²) in [6.45, 7) is 5.49. The largest absolute Gasteiger partial charge is 0.480 e. The summed E-state index contributed by atoms with van der Waals surface area (Å²) in [7, 11) is 0. The van der Waals surface area contributed by atoms with E-state index in [0.29, 0.717) is 13.1 Å².